The van der Waals surface area contributed by atoms with E-state index in [2.05, 4.69) is 58.4 Å². The van der Waals surface area contributed by atoms with Crippen LogP contribution in [-0.4, -0.2) is 37.7 Å². The van der Waals surface area contributed by atoms with Crippen LogP contribution in [-0.2, 0) is 0 Å². The average molecular weight is 322 g/mol. The Kier molecular flexibility index (Phi) is 4.70. The highest BCUT2D eigenvalue weighted by atomic mass is 16.5. The first-order valence-corrected chi connectivity index (χ1v) is 9.19. The Labute approximate surface area is 144 Å². The van der Waals surface area contributed by atoms with E-state index in [4.69, 9.17) is 4.74 Å². The molecule has 1 saturated heterocycles. The summed E-state index contributed by atoms with van der Waals surface area (Å²) in [6.45, 7) is 5.49. The van der Waals surface area contributed by atoms with Crippen molar-refractivity contribution < 1.29 is 4.74 Å². The summed E-state index contributed by atoms with van der Waals surface area (Å²) in [5.74, 6) is 0.977. The highest BCUT2D eigenvalue weighted by molar-refractivity contribution is 5.63. The Balaban J connectivity index is 1.29. The number of likely N-dealkylation sites (tertiary alicyclic amines) is 1. The van der Waals surface area contributed by atoms with E-state index in [0.29, 0.717) is 0 Å². The zero-order chi connectivity index (χ0) is 16.2. The molecule has 24 heavy (non-hydrogen) atoms. The second-order valence-electron chi connectivity index (χ2n) is 6.77. The third kappa shape index (κ3) is 3.41. The fourth-order valence-corrected chi connectivity index (χ4v) is 3.77. The van der Waals surface area contributed by atoms with Gasteiger partial charge in [-0.1, -0.05) is 18.2 Å². The van der Waals surface area contributed by atoms with E-state index in [1.54, 1.807) is 0 Å². The minimum atomic E-state index is 0.807. The molecule has 2 heterocycles. The van der Waals surface area contributed by atoms with Crippen molar-refractivity contribution in [3.63, 3.8) is 0 Å². The molecule has 0 amide bonds. The number of benzene rings is 1. The maximum Gasteiger partial charge on any atom is 0.119 e. The summed E-state index contributed by atoms with van der Waals surface area (Å²) < 4.78 is 5.91. The van der Waals surface area contributed by atoms with E-state index in [1.807, 2.05) is 0 Å². The molecule has 2 aliphatic heterocycles. The van der Waals surface area contributed by atoms with Gasteiger partial charge in [-0.15, -0.1) is 0 Å². The molecule has 0 atom stereocenters. The predicted molar refractivity (Wildman–Crippen MR) is 99.5 cm³/mol. The number of anilines is 1. The van der Waals surface area contributed by atoms with Gasteiger partial charge in [-0.05, 0) is 74.7 Å². The van der Waals surface area contributed by atoms with Crippen LogP contribution in [0.3, 0.4) is 0 Å². The normalized spacial score (nSPS) is 20.1. The largest absolute Gasteiger partial charge is 0.494 e. The van der Waals surface area contributed by atoms with Gasteiger partial charge in [0.25, 0.3) is 0 Å². The van der Waals surface area contributed by atoms with Crippen LogP contribution in [0, 0.1) is 0 Å². The number of hydrogen-bond donors (Lipinski definition) is 0. The number of allylic oxidation sites excluding steroid dienone is 4. The lowest BCUT2D eigenvalue weighted by atomic mass is 10.1. The lowest BCUT2D eigenvalue weighted by Crippen LogP contribution is -2.21. The van der Waals surface area contributed by atoms with E-state index in [9.17, 15) is 0 Å². The number of nitrogens with zero attached hydrogens (tertiary/aromatic N) is 2. The van der Waals surface area contributed by atoms with Gasteiger partial charge in [0, 0.05) is 24.5 Å². The molecule has 1 fully saturated rings. The van der Waals surface area contributed by atoms with Gasteiger partial charge in [0.2, 0.25) is 0 Å². The maximum atomic E-state index is 5.91. The molecule has 126 valence electrons. The van der Waals surface area contributed by atoms with Gasteiger partial charge in [-0.3, -0.25) is 0 Å². The summed E-state index contributed by atoms with van der Waals surface area (Å²) in [6.07, 6.45) is 13.8. The van der Waals surface area contributed by atoms with Crippen LogP contribution in [0.1, 0.15) is 25.7 Å². The van der Waals surface area contributed by atoms with Gasteiger partial charge in [-0.2, -0.15) is 0 Å². The van der Waals surface area contributed by atoms with Gasteiger partial charge in [0.05, 0.1) is 6.61 Å². The van der Waals surface area contributed by atoms with Gasteiger partial charge in [0.15, 0.2) is 0 Å². The number of fused-ring (bicyclic) bond motifs is 1. The third-order valence-electron chi connectivity index (χ3n) is 5.10. The van der Waals surface area contributed by atoms with Crippen molar-refractivity contribution in [3.8, 4) is 5.75 Å². The Morgan fingerprint density at radius 2 is 1.88 bits per heavy atom. The molecule has 1 aromatic rings. The molecule has 0 spiro atoms. The maximum absolute atomic E-state index is 5.91. The average Bonchev–Trinajstić information content (AvgIpc) is 3.29. The standard InChI is InChI=1S/C21H26N2O/c1-2-7-21-18(6-1)12-16-23(21)19-8-10-20(11-9-19)24-17-5-15-22-13-3-4-14-22/h1-2,7-12H,3-6,13-17H2. The van der Waals surface area contributed by atoms with Crippen LogP contribution in [0.25, 0.3) is 0 Å². The zero-order valence-corrected chi connectivity index (χ0v) is 14.3. The van der Waals surface area contributed by atoms with Crippen molar-refractivity contribution in [2.75, 3.05) is 37.7 Å². The van der Waals surface area contributed by atoms with E-state index in [0.717, 1.165) is 31.7 Å². The van der Waals surface area contributed by atoms with Crippen LogP contribution in [0.15, 0.2) is 59.8 Å². The molecular weight excluding hydrogens is 296 g/mol. The van der Waals surface area contributed by atoms with Gasteiger partial charge in [-0.25, -0.2) is 0 Å². The smallest absolute Gasteiger partial charge is 0.119 e. The summed E-state index contributed by atoms with van der Waals surface area (Å²) in [6, 6.07) is 8.54. The molecule has 0 unspecified atom stereocenters. The van der Waals surface area contributed by atoms with Crippen molar-refractivity contribution >= 4 is 5.69 Å². The van der Waals surface area contributed by atoms with Crippen LogP contribution in [0.2, 0.25) is 0 Å². The Hall–Kier alpha value is -2.00. The lowest BCUT2D eigenvalue weighted by Gasteiger charge is -2.23. The molecule has 0 saturated carbocycles. The van der Waals surface area contributed by atoms with Crippen molar-refractivity contribution in [1.29, 1.82) is 0 Å². The fourth-order valence-electron chi connectivity index (χ4n) is 3.77. The molecule has 1 aliphatic carbocycles. The molecule has 0 bridgehead atoms. The first-order valence-electron chi connectivity index (χ1n) is 9.19. The van der Waals surface area contributed by atoms with Crippen LogP contribution >= 0.6 is 0 Å². The fraction of sp³-hybridized carbons (Fsp3) is 0.429. The first-order chi connectivity index (χ1) is 11.9. The molecule has 4 rings (SSSR count). The summed E-state index contributed by atoms with van der Waals surface area (Å²) in [5.41, 5.74) is 4.03. The number of ether oxygens (including phenoxy) is 1. The van der Waals surface area contributed by atoms with Crippen molar-refractivity contribution in [1.82, 2.24) is 4.90 Å². The minimum Gasteiger partial charge on any atom is -0.494 e. The number of hydrogen-bond acceptors (Lipinski definition) is 3. The van der Waals surface area contributed by atoms with Gasteiger partial charge >= 0.3 is 0 Å². The third-order valence-corrected chi connectivity index (χ3v) is 5.10. The Morgan fingerprint density at radius 3 is 2.71 bits per heavy atom. The van der Waals surface area contributed by atoms with E-state index >= 15 is 0 Å². The lowest BCUT2D eigenvalue weighted by molar-refractivity contribution is 0.263. The molecule has 0 radical (unpaired) electrons. The summed E-state index contributed by atoms with van der Waals surface area (Å²) in [5, 5.41) is 0. The molecule has 3 heteroatoms. The predicted octanol–water partition coefficient (Wildman–Crippen LogP) is 4.14. The summed E-state index contributed by atoms with van der Waals surface area (Å²) in [4.78, 5) is 4.91. The molecule has 1 aromatic carbocycles. The monoisotopic (exact) mass is 322 g/mol. The van der Waals surface area contributed by atoms with Crippen molar-refractivity contribution in [2.45, 2.75) is 25.7 Å². The van der Waals surface area contributed by atoms with Crippen molar-refractivity contribution in [2.24, 2.45) is 0 Å². The highest BCUT2D eigenvalue weighted by Crippen LogP contribution is 2.33. The summed E-state index contributed by atoms with van der Waals surface area (Å²) >= 11 is 0. The van der Waals surface area contributed by atoms with Crippen LogP contribution < -0.4 is 9.64 Å². The number of rotatable bonds is 6. The second-order valence-corrected chi connectivity index (χ2v) is 6.77. The molecule has 3 nitrogen and oxygen atoms in total. The summed E-state index contributed by atoms with van der Waals surface area (Å²) in [7, 11) is 0. The van der Waals surface area contributed by atoms with Crippen LogP contribution in [0.4, 0.5) is 5.69 Å². The minimum absolute atomic E-state index is 0.807. The molecule has 0 N–H and O–H groups in total. The molecule has 0 aromatic heterocycles. The zero-order valence-electron chi connectivity index (χ0n) is 14.3. The Morgan fingerprint density at radius 1 is 1.04 bits per heavy atom. The van der Waals surface area contributed by atoms with Gasteiger partial charge < -0.3 is 14.5 Å². The van der Waals surface area contributed by atoms with E-state index in [1.165, 1.54) is 49.4 Å². The van der Waals surface area contributed by atoms with Crippen LogP contribution in [0.5, 0.6) is 5.75 Å². The first kappa shape index (κ1) is 15.5. The van der Waals surface area contributed by atoms with Gasteiger partial charge in [0.1, 0.15) is 5.75 Å². The molecule has 3 aliphatic rings. The molecular formula is C21H26N2O. The second kappa shape index (κ2) is 7.27. The topological polar surface area (TPSA) is 15.7 Å². The SMILES string of the molecule is C1=CCC2=CCN(c3ccc(OCCCN4CCCC4)cc3)C2=C1. The quantitative estimate of drug-likeness (QED) is 0.732. The highest BCUT2D eigenvalue weighted by Gasteiger charge is 2.21. The Bertz CT molecular complexity index is 651. The van der Waals surface area contributed by atoms with E-state index in [-0.39, 0.29) is 0 Å². The van der Waals surface area contributed by atoms with Crippen molar-refractivity contribution in [3.05, 3.63) is 59.8 Å². The van der Waals surface area contributed by atoms with E-state index < -0.39 is 0 Å².